The Balaban J connectivity index is 3.22. The molecule has 0 unspecified atom stereocenters. The normalized spacial score (nSPS) is 12.9. The van der Waals surface area contributed by atoms with Gasteiger partial charge in [0, 0.05) is 12.5 Å². The van der Waals surface area contributed by atoms with E-state index >= 15 is 0 Å². The van der Waals surface area contributed by atoms with Gasteiger partial charge in [0.05, 0.1) is 0 Å². The lowest BCUT2D eigenvalue weighted by Crippen LogP contribution is -2.27. The second-order valence-electron chi connectivity index (χ2n) is 2.71. The molecular formula is C7H17N3O. The Labute approximate surface area is 67.1 Å². The Morgan fingerprint density at radius 1 is 1.36 bits per heavy atom. The number of hydrogen-bond donors (Lipinski definition) is 3. The zero-order valence-corrected chi connectivity index (χ0v) is 6.75. The maximum Gasteiger partial charge on any atom is 0.218 e. The second kappa shape index (κ2) is 6.12. The van der Waals surface area contributed by atoms with E-state index in [0.29, 0.717) is 6.54 Å². The number of rotatable bonds is 6. The standard InChI is InChI=1S/C7H17N3O/c8-4-2-1-3-6(9)5-7(10)11/h6H,1-5,8-9H2,(H2,10,11)/t6-/m1/s1. The Kier molecular flexibility index (Phi) is 5.78. The van der Waals surface area contributed by atoms with Gasteiger partial charge in [0.1, 0.15) is 0 Å². The first-order chi connectivity index (χ1) is 5.16. The molecular weight excluding hydrogens is 142 g/mol. The fourth-order valence-corrected chi connectivity index (χ4v) is 0.911. The molecule has 11 heavy (non-hydrogen) atoms. The van der Waals surface area contributed by atoms with Gasteiger partial charge >= 0.3 is 0 Å². The van der Waals surface area contributed by atoms with Crippen LogP contribution in [0.1, 0.15) is 25.7 Å². The molecule has 0 aliphatic rings. The summed E-state index contributed by atoms with van der Waals surface area (Å²) in [5.74, 6) is -0.328. The summed E-state index contributed by atoms with van der Waals surface area (Å²) in [6, 6.07) is -0.0842. The summed E-state index contributed by atoms with van der Waals surface area (Å²) in [6.45, 7) is 0.684. The summed E-state index contributed by atoms with van der Waals surface area (Å²) in [5.41, 5.74) is 15.8. The van der Waals surface area contributed by atoms with Crippen LogP contribution in [0.2, 0.25) is 0 Å². The molecule has 0 heterocycles. The van der Waals surface area contributed by atoms with Crippen LogP contribution < -0.4 is 17.2 Å². The van der Waals surface area contributed by atoms with Crippen LogP contribution in [0.25, 0.3) is 0 Å². The van der Waals surface area contributed by atoms with Crippen molar-refractivity contribution in [3.05, 3.63) is 0 Å². The number of hydrogen-bond acceptors (Lipinski definition) is 3. The first-order valence-corrected chi connectivity index (χ1v) is 3.90. The lowest BCUT2D eigenvalue weighted by molar-refractivity contribution is -0.118. The van der Waals surface area contributed by atoms with Gasteiger partial charge in [-0.25, -0.2) is 0 Å². The van der Waals surface area contributed by atoms with E-state index in [2.05, 4.69) is 0 Å². The predicted molar refractivity (Wildman–Crippen MR) is 44.7 cm³/mol. The summed E-state index contributed by atoms with van der Waals surface area (Å²) in [7, 11) is 0. The minimum Gasteiger partial charge on any atom is -0.370 e. The molecule has 66 valence electrons. The molecule has 0 rings (SSSR count). The van der Waals surface area contributed by atoms with Gasteiger partial charge in [-0.3, -0.25) is 4.79 Å². The second-order valence-corrected chi connectivity index (χ2v) is 2.71. The minimum absolute atomic E-state index is 0.0842. The smallest absolute Gasteiger partial charge is 0.218 e. The average Bonchev–Trinajstić information content (AvgIpc) is 1.86. The van der Waals surface area contributed by atoms with Crippen LogP contribution in [-0.4, -0.2) is 18.5 Å². The van der Waals surface area contributed by atoms with Gasteiger partial charge in [0.25, 0.3) is 0 Å². The largest absolute Gasteiger partial charge is 0.370 e. The van der Waals surface area contributed by atoms with Crippen molar-refractivity contribution in [2.24, 2.45) is 17.2 Å². The molecule has 0 radical (unpaired) electrons. The van der Waals surface area contributed by atoms with Crippen molar-refractivity contribution in [1.82, 2.24) is 0 Å². The highest BCUT2D eigenvalue weighted by Gasteiger charge is 2.04. The molecule has 0 spiro atoms. The Hall–Kier alpha value is -0.610. The highest BCUT2D eigenvalue weighted by Crippen LogP contribution is 2.00. The fourth-order valence-electron chi connectivity index (χ4n) is 0.911. The molecule has 0 aromatic heterocycles. The molecule has 4 heteroatoms. The van der Waals surface area contributed by atoms with Crippen molar-refractivity contribution in [3.8, 4) is 0 Å². The lowest BCUT2D eigenvalue weighted by Gasteiger charge is -2.07. The Bertz CT molecular complexity index is 116. The monoisotopic (exact) mass is 159 g/mol. The predicted octanol–water partition coefficient (Wildman–Crippen LogP) is -0.682. The van der Waals surface area contributed by atoms with Crippen molar-refractivity contribution in [1.29, 1.82) is 0 Å². The van der Waals surface area contributed by atoms with Crippen LogP contribution in [-0.2, 0) is 4.79 Å². The third-order valence-electron chi connectivity index (χ3n) is 1.49. The summed E-state index contributed by atoms with van der Waals surface area (Å²) in [5, 5.41) is 0. The van der Waals surface area contributed by atoms with Gasteiger partial charge in [-0.05, 0) is 19.4 Å². The molecule has 0 aromatic carbocycles. The van der Waals surface area contributed by atoms with E-state index < -0.39 is 0 Å². The van der Waals surface area contributed by atoms with Gasteiger partial charge < -0.3 is 17.2 Å². The number of carbonyl (C=O) groups is 1. The highest BCUT2D eigenvalue weighted by atomic mass is 16.1. The Morgan fingerprint density at radius 2 is 2.00 bits per heavy atom. The highest BCUT2D eigenvalue weighted by molar-refractivity contribution is 5.74. The van der Waals surface area contributed by atoms with E-state index in [4.69, 9.17) is 17.2 Å². The van der Waals surface area contributed by atoms with Crippen LogP contribution in [0.4, 0.5) is 0 Å². The molecule has 0 aliphatic carbocycles. The summed E-state index contributed by atoms with van der Waals surface area (Å²) in [6.07, 6.45) is 3.06. The maximum absolute atomic E-state index is 10.4. The van der Waals surface area contributed by atoms with Crippen molar-refractivity contribution >= 4 is 5.91 Å². The van der Waals surface area contributed by atoms with Crippen molar-refractivity contribution in [2.75, 3.05) is 6.54 Å². The molecule has 0 bridgehead atoms. The van der Waals surface area contributed by atoms with Crippen molar-refractivity contribution in [2.45, 2.75) is 31.7 Å². The molecule has 0 saturated carbocycles. The van der Waals surface area contributed by atoms with Crippen LogP contribution in [0, 0.1) is 0 Å². The number of nitrogens with two attached hydrogens (primary N) is 3. The van der Waals surface area contributed by atoms with E-state index in [-0.39, 0.29) is 18.4 Å². The first-order valence-electron chi connectivity index (χ1n) is 3.90. The van der Waals surface area contributed by atoms with Gasteiger partial charge in [-0.15, -0.1) is 0 Å². The zero-order valence-electron chi connectivity index (χ0n) is 6.75. The third kappa shape index (κ3) is 7.29. The molecule has 1 atom stereocenters. The minimum atomic E-state index is -0.328. The number of primary amides is 1. The summed E-state index contributed by atoms with van der Waals surface area (Å²) < 4.78 is 0. The van der Waals surface area contributed by atoms with Crippen molar-refractivity contribution < 1.29 is 4.79 Å². The van der Waals surface area contributed by atoms with Gasteiger partial charge in [0.2, 0.25) is 5.91 Å². The lowest BCUT2D eigenvalue weighted by atomic mass is 10.1. The molecule has 0 saturated heterocycles. The van der Waals surface area contributed by atoms with E-state index in [1.165, 1.54) is 0 Å². The quantitative estimate of drug-likeness (QED) is 0.448. The van der Waals surface area contributed by atoms with Gasteiger partial charge in [0.15, 0.2) is 0 Å². The number of carbonyl (C=O) groups excluding carboxylic acids is 1. The maximum atomic E-state index is 10.4. The van der Waals surface area contributed by atoms with E-state index in [0.717, 1.165) is 19.3 Å². The topological polar surface area (TPSA) is 95.1 Å². The third-order valence-corrected chi connectivity index (χ3v) is 1.49. The molecule has 1 amide bonds. The molecule has 6 N–H and O–H groups in total. The van der Waals surface area contributed by atoms with E-state index in [9.17, 15) is 4.79 Å². The van der Waals surface area contributed by atoms with Gasteiger partial charge in [-0.1, -0.05) is 6.42 Å². The van der Waals surface area contributed by atoms with Crippen LogP contribution in [0.15, 0.2) is 0 Å². The molecule has 0 aromatic rings. The van der Waals surface area contributed by atoms with Gasteiger partial charge in [-0.2, -0.15) is 0 Å². The summed E-state index contributed by atoms with van der Waals surface area (Å²) >= 11 is 0. The average molecular weight is 159 g/mol. The number of amides is 1. The molecule has 0 aliphatic heterocycles. The SMILES string of the molecule is NCCCC[C@@H](N)CC(N)=O. The van der Waals surface area contributed by atoms with Crippen molar-refractivity contribution in [3.63, 3.8) is 0 Å². The molecule has 4 nitrogen and oxygen atoms in total. The van der Waals surface area contributed by atoms with Crippen LogP contribution >= 0.6 is 0 Å². The number of unbranched alkanes of at least 4 members (excludes halogenated alkanes) is 1. The van der Waals surface area contributed by atoms with Crippen LogP contribution in [0.3, 0.4) is 0 Å². The first kappa shape index (κ1) is 10.4. The fraction of sp³-hybridized carbons (Fsp3) is 0.857. The van der Waals surface area contributed by atoms with Crippen LogP contribution in [0.5, 0.6) is 0 Å². The zero-order chi connectivity index (χ0) is 8.69. The molecule has 0 fully saturated rings. The summed E-state index contributed by atoms with van der Waals surface area (Å²) in [4.78, 5) is 10.4. The van der Waals surface area contributed by atoms with E-state index in [1.54, 1.807) is 0 Å². The van der Waals surface area contributed by atoms with E-state index in [1.807, 2.05) is 0 Å². The Morgan fingerprint density at radius 3 is 2.45 bits per heavy atom.